The van der Waals surface area contributed by atoms with Gasteiger partial charge < -0.3 is 19.5 Å². The Kier molecular flexibility index (Phi) is 5.91. The van der Waals surface area contributed by atoms with Gasteiger partial charge in [0.25, 0.3) is 0 Å². The quantitative estimate of drug-likeness (QED) is 0.545. The largest absolute Gasteiger partial charge is 0.489 e. The van der Waals surface area contributed by atoms with E-state index in [1.807, 2.05) is 54.6 Å². The molecule has 3 aromatic rings. The number of hydrogen-bond acceptors (Lipinski definition) is 4. The smallest absolute Gasteiger partial charge is 0.231 e. The summed E-state index contributed by atoms with van der Waals surface area (Å²) in [5, 5.41) is 4.65. The molecule has 0 amide bonds. The lowest BCUT2D eigenvalue weighted by Crippen LogP contribution is -2.12. The highest BCUT2D eigenvalue weighted by Crippen LogP contribution is 2.32. The SMILES string of the molecule is Clc1cccc(Cl)c1COc1cccc(CNCc2ccc3c(c2)OCO3)c1. The Morgan fingerprint density at radius 2 is 1.54 bits per heavy atom. The van der Waals surface area contributed by atoms with E-state index >= 15 is 0 Å². The molecule has 4 rings (SSSR count). The molecule has 1 aliphatic rings. The third-order valence-electron chi connectivity index (χ3n) is 4.44. The van der Waals surface area contributed by atoms with Crippen molar-refractivity contribution in [3.63, 3.8) is 0 Å². The third-order valence-corrected chi connectivity index (χ3v) is 5.15. The molecular weight excluding hydrogens is 397 g/mol. The maximum Gasteiger partial charge on any atom is 0.231 e. The molecule has 144 valence electrons. The van der Waals surface area contributed by atoms with Crippen LogP contribution in [0.4, 0.5) is 0 Å². The van der Waals surface area contributed by atoms with Crippen LogP contribution in [0.1, 0.15) is 16.7 Å². The Morgan fingerprint density at radius 3 is 2.36 bits per heavy atom. The second-order valence-electron chi connectivity index (χ2n) is 6.43. The number of halogens is 2. The molecule has 1 heterocycles. The van der Waals surface area contributed by atoms with E-state index < -0.39 is 0 Å². The van der Waals surface area contributed by atoms with Gasteiger partial charge in [-0.05, 0) is 47.5 Å². The molecule has 0 fully saturated rings. The summed E-state index contributed by atoms with van der Waals surface area (Å²) in [5.41, 5.74) is 3.06. The predicted octanol–water partition coefficient (Wildman–Crippen LogP) is 5.59. The fraction of sp³-hybridized carbons (Fsp3) is 0.182. The van der Waals surface area contributed by atoms with Crippen molar-refractivity contribution in [2.75, 3.05) is 6.79 Å². The maximum atomic E-state index is 6.20. The summed E-state index contributed by atoms with van der Waals surface area (Å²) in [6, 6.07) is 19.4. The maximum absolute atomic E-state index is 6.20. The molecule has 0 bridgehead atoms. The Balaban J connectivity index is 1.32. The van der Waals surface area contributed by atoms with Crippen LogP contribution in [-0.2, 0) is 19.7 Å². The molecule has 0 spiro atoms. The summed E-state index contributed by atoms with van der Waals surface area (Å²) in [4.78, 5) is 0. The monoisotopic (exact) mass is 415 g/mol. The summed E-state index contributed by atoms with van der Waals surface area (Å²) >= 11 is 12.4. The highest BCUT2D eigenvalue weighted by Gasteiger charge is 2.13. The summed E-state index contributed by atoms with van der Waals surface area (Å²) in [7, 11) is 0. The van der Waals surface area contributed by atoms with Crippen molar-refractivity contribution in [1.29, 1.82) is 0 Å². The van der Waals surface area contributed by atoms with Crippen molar-refractivity contribution in [3.8, 4) is 17.2 Å². The second-order valence-corrected chi connectivity index (χ2v) is 7.24. The highest BCUT2D eigenvalue weighted by atomic mass is 35.5. The molecule has 0 radical (unpaired) electrons. The molecule has 1 N–H and O–H groups in total. The van der Waals surface area contributed by atoms with Gasteiger partial charge >= 0.3 is 0 Å². The fourth-order valence-corrected chi connectivity index (χ4v) is 3.48. The highest BCUT2D eigenvalue weighted by molar-refractivity contribution is 6.35. The number of fused-ring (bicyclic) bond motifs is 1. The molecule has 0 unspecified atom stereocenters. The first-order valence-electron chi connectivity index (χ1n) is 8.93. The topological polar surface area (TPSA) is 39.7 Å². The lowest BCUT2D eigenvalue weighted by atomic mass is 10.2. The fourth-order valence-electron chi connectivity index (χ4n) is 2.97. The first-order chi connectivity index (χ1) is 13.7. The zero-order chi connectivity index (χ0) is 19.3. The molecule has 0 atom stereocenters. The summed E-state index contributed by atoms with van der Waals surface area (Å²) in [6.07, 6.45) is 0. The van der Waals surface area contributed by atoms with Crippen LogP contribution < -0.4 is 19.5 Å². The van der Waals surface area contributed by atoms with Gasteiger partial charge in [-0.15, -0.1) is 0 Å². The number of nitrogens with one attached hydrogen (secondary N) is 1. The molecule has 0 saturated carbocycles. The van der Waals surface area contributed by atoms with Crippen molar-refractivity contribution in [1.82, 2.24) is 5.32 Å². The summed E-state index contributed by atoms with van der Waals surface area (Å²) in [6.45, 7) is 2.07. The summed E-state index contributed by atoms with van der Waals surface area (Å²) in [5.74, 6) is 2.37. The van der Waals surface area contributed by atoms with Crippen LogP contribution in [0.3, 0.4) is 0 Å². The molecule has 4 nitrogen and oxygen atoms in total. The van der Waals surface area contributed by atoms with Crippen LogP contribution in [0, 0.1) is 0 Å². The Morgan fingerprint density at radius 1 is 0.821 bits per heavy atom. The van der Waals surface area contributed by atoms with E-state index in [9.17, 15) is 0 Å². The minimum Gasteiger partial charge on any atom is -0.489 e. The van der Waals surface area contributed by atoms with E-state index in [1.165, 1.54) is 0 Å². The van der Waals surface area contributed by atoms with Gasteiger partial charge in [-0.25, -0.2) is 0 Å². The average molecular weight is 416 g/mol. The standard InChI is InChI=1S/C22H19Cl2NO3/c23-19-5-2-6-20(24)18(19)13-26-17-4-1-3-15(9-17)11-25-12-16-7-8-21-22(10-16)28-14-27-21/h1-10,25H,11-14H2. The van der Waals surface area contributed by atoms with Crippen LogP contribution in [-0.4, -0.2) is 6.79 Å². The average Bonchev–Trinajstić information content (AvgIpc) is 3.16. The molecule has 0 aliphatic carbocycles. The van der Waals surface area contributed by atoms with E-state index in [0.29, 0.717) is 23.4 Å². The van der Waals surface area contributed by atoms with Gasteiger partial charge in [-0.3, -0.25) is 0 Å². The van der Waals surface area contributed by atoms with Gasteiger partial charge in [0.05, 0.1) is 0 Å². The zero-order valence-electron chi connectivity index (χ0n) is 15.1. The molecule has 28 heavy (non-hydrogen) atoms. The minimum absolute atomic E-state index is 0.290. The predicted molar refractivity (Wildman–Crippen MR) is 110 cm³/mol. The van der Waals surface area contributed by atoms with E-state index in [2.05, 4.69) is 11.4 Å². The normalized spacial score (nSPS) is 12.2. The molecule has 6 heteroatoms. The molecule has 3 aromatic carbocycles. The van der Waals surface area contributed by atoms with E-state index in [1.54, 1.807) is 0 Å². The number of hydrogen-bond donors (Lipinski definition) is 1. The first-order valence-corrected chi connectivity index (χ1v) is 9.68. The lowest BCUT2D eigenvalue weighted by molar-refractivity contribution is 0.174. The molecular formula is C22H19Cl2NO3. The van der Waals surface area contributed by atoms with Gasteiger partial charge in [-0.2, -0.15) is 0 Å². The van der Waals surface area contributed by atoms with Gasteiger partial charge in [0, 0.05) is 28.7 Å². The first kappa shape index (κ1) is 18.9. The zero-order valence-corrected chi connectivity index (χ0v) is 16.6. The van der Waals surface area contributed by atoms with Crippen LogP contribution in [0.2, 0.25) is 10.0 Å². The van der Waals surface area contributed by atoms with E-state index in [0.717, 1.165) is 47.0 Å². The Labute approximate surface area is 173 Å². The van der Waals surface area contributed by atoms with Gasteiger partial charge in [0.2, 0.25) is 6.79 Å². The van der Waals surface area contributed by atoms with Gasteiger partial charge in [0.15, 0.2) is 11.5 Å². The molecule has 0 saturated heterocycles. The lowest BCUT2D eigenvalue weighted by Gasteiger charge is -2.11. The number of ether oxygens (including phenoxy) is 3. The van der Waals surface area contributed by atoms with Crippen LogP contribution in [0.25, 0.3) is 0 Å². The van der Waals surface area contributed by atoms with Gasteiger partial charge in [0.1, 0.15) is 12.4 Å². The minimum atomic E-state index is 0.290. The van der Waals surface area contributed by atoms with E-state index in [4.69, 9.17) is 37.4 Å². The van der Waals surface area contributed by atoms with Crippen LogP contribution >= 0.6 is 23.2 Å². The number of rotatable bonds is 7. The van der Waals surface area contributed by atoms with Crippen molar-refractivity contribution in [2.45, 2.75) is 19.7 Å². The van der Waals surface area contributed by atoms with Crippen LogP contribution in [0.5, 0.6) is 17.2 Å². The number of benzene rings is 3. The Hall–Kier alpha value is -2.40. The van der Waals surface area contributed by atoms with Crippen molar-refractivity contribution >= 4 is 23.2 Å². The second kappa shape index (κ2) is 8.74. The van der Waals surface area contributed by atoms with Crippen molar-refractivity contribution < 1.29 is 14.2 Å². The summed E-state index contributed by atoms with van der Waals surface area (Å²) < 4.78 is 16.6. The molecule has 1 aliphatic heterocycles. The molecule has 0 aromatic heterocycles. The van der Waals surface area contributed by atoms with E-state index in [-0.39, 0.29) is 0 Å². The Bertz CT molecular complexity index is 957. The third kappa shape index (κ3) is 4.53. The van der Waals surface area contributed by atoms with Crippen molar-refractivity contribution in [2.24, 2.45) is 0 Å². The van der Waals surface area contributed by atoms with Crippen LogP contribution in [0.15, 0.2) is 60.7 Å². The van der Waals surface area contributed by atoms with Gasteiger partial charge in [-0.1, -0.05) is 47.5 Å². The van der Waals surface area contributed by atoms with Crippen molar-refractivity contribution in [3.05, 3.63) is 87.4 Å².